The minimum absolute atomic E-state index is 0.194. The first kappa shape index (κ1) is 18.1. The minimum atomic E-state index is 0.194. The van der Waals surface area contributed by atoms with Crippen LogP contribution in [-0.4, -0.2) is 54.5 Å². The zero-order chi connectivity index (χ0) is 19.8. The number of aromatic nitrogens is 6. The Bertz CT molecular complexity index is 1150. The topological polar surface area (TPSA) is 84.7 Å². The van der Waals surface area contributed by atoms with E-state index in [1.54, 1.807) is 0 Å². The summed E-state index contributed by atoms with van der Waals surface area (Å²) in [7, 11) is 0. The molecule has 1 aliphatic rings. The van der Waals surface area contributed by atoms with Gasteiger partial charge in [0.15, 0.2) is 0 Å². The lowest BCUT2D eigenvalue weighted by atomic mass is 10.2. The quantitative estimate of drug-likeness (QED) is 0.550. The van der Waals surface area contributed by atoms with Crippen LogP contribution >= 0.6 is 11.8 Å². The maximum Gasteiger partial charge on any atom is 0.228 e. The fourth-order valence-corrected chi connectivity index (χ4v) is 4.43. The molecule has 0 bridgehead atoms. The molecule has 9 heteroatoms. The molecule has 0 unspecified atom stereocenters. The van der Waals surface area contributed by atoms with Gasteiger partial charge in [0.25, 0.3) is 0 Å². The summed E-state index contributed by atoms with van der Waals surface area (Å²) in [6.45, 7) is 6.31. The van der Waals surface area contributed by atoms with E-state index in [0.29, 0.717) is 5.95 Å². The van der Waals surface area contributed by atoms with E-state index in [1.165, 1.54) is 11.5 Å². The molecule has 0 aliphatic carbocycles. The second kappa shape index (κ2) is 7.47. The normalized spacial score (nSPS) is 14.8. The van der Waals surface area contributed by atoms with Crippen molar-refractivity contribution in [2.45, 2.75) is 19.9 Å². The van der Waals surface area contributed by atoms with Crippen molar-refractivity contribution in [1.82, 2.24) is 29.9 Å². The van der Waals surface area contributed by atoms with Gasteiger partial charge in [-0.15, -0.1) is 5.10 Å². The number of hydrogen-bond acceptors (Lipinski definition) is 8. The molecule has 1 N–H and O–H groups in total. The predicted octanol–water partition coefficient (Wildman–Crippen LogP) is 3.65. The molecular weight excluding hydrogens is 384 g/mol. The van der Waals surface area contributed by atoms with Crippen LogP contribution in [0.4, 0.5) is 17.5 Å². The Morgan fingerprint density at radius 2 is 1.90 bits per heavy atom. The smallest absolute Gasteiger partial charge is 0.228 e. The van der Waals surface area contributed by atoms with Crippen molar-refractivity contribution in [3.05, 3.63) is 36.7 Å². The van der Waals surface area contributed by atoms with Crippen molar-refractivity contribution in [1.29, 1.82) is 0 Å². The fourth-order valence-electron chi connectivity index (χ4n) is 3.52. The van der Waals surface area contributed by atoms with E-state index in [-0.39, 0.29) is 6.04 Å². The maximum absolute atomic E-state index is 4.75. The van der Waals surface area contributed by atoms with Crippen LogP contribution in [0, 0.1) is 0 Å². The van der Waals surface area contributed by atoms with Gasteiger partial charge in [-0.25, -0.2) is 19.6 Å². The molecule has 0 amide bonds. The third-order valence-electron chi connectivity index (χ3n) is 5.04. The average molecular weight is 407 g/mol. The summed E-state index contributed by atoms with van der Waals surface area (Å²) < 4.78 is 1.90. The number of rotatable bonds is 4. The number of nitrogens with one attached hydrogen (secondary N) is 1. The third-order valence-corrected chi connectivity index (χ3v) is 5.98. The summed E-state index contributed by atoms with van der Waals surface area (Å²) >= 11 is 2.00. The second-order valence-electron chi connectivity index (χ2n) is 7.32. The molecule has 8 nitrogen and oxygen atoms in total. The van der Waals surface area contributed by atoms with Crippen LogP contribution in [0.15, 0.2) is 36.7 Å². The molecule has 1 saturated heterocycles. The van der Waals surface area contributed by atoms with Gasteiger partial charge >= 0.3 is 0 Å². The molecule has 1 fully saturated rings. The monoisotopic (exact) mass is 406 g/mol. The molecule has 0 atom stereocenters. The summed E-state index contributed by atoms with van der Waals surface area (Å²) in [5.74, 6) is 3.57. The first-order valence-electron chi connectivity index (χ1n) is 9.75. The molecular formula is C20H22N8S. The van der Waals surface area contributed by atoms with Crippen LogP contribution in [0.2, 0.25) is 0 Å². The average Bonchev–Trinajstić information content (AvgIpc) is 3.20. The summed E-state index contributed by atoms with van der Waals surface area (Å²) in [5.41, 5.74) is 3.75. The van der Waals surface area contributed by atoms with Crippen molar-refractivity contribution in [2.24, 2.45) is 0 Å². The highest BCUT2D eigenvalue weighted by Crippen LogP contribution is 2.26. The van der Waals surface area contributed by atoms with Crippen molar-refractivity contribution in [3.8, 4) is 0 Å². The number of nitrogens with zero attached hydrogens (tertiary/aromatic N) is 7. The van der Waals surface area contributed by atoms with E-state index >= 15 is 0 Å². The lowest BCUT2D eigenvalue weighted by molar-refractivity contribution is 0.531. The zero-order valence-corrected chi connectivity index (χ0v) is 17.2. The Morgan fingerprint density at radius 3 is 2.66 bits per heavy atom. The van der Waals surface area contributed by atoms with Gasteiger partial charge in [-0.2, -0.15) is 11.8 Å². The van der Waals surface area contributed by atoms with Crippen molar-refractivity contribution in [2.75, 3.05) is 34.8 Å². The molecule has 148 valence electrons. The Kier molecular flexibility index (Phi) is 4.67. The number of thioether (sulfide) groups is 1. The fraction of sp³-hybridized carbons (Fsp3) is 0.350. The Hall–Kier alpha value is -2.94. The van der Waals surface area contributed by atoms with Crippen LogP contribution in [0.1, 0.15) is 19.9 Å². The minimum Gasteiger partial charge on any atom is -0.369 e. The van der Waals surface area contributed by atoms with E-state index in [0.717, 1.165) is 46.5 Å². The van der Waals surface area contributed by atoms with E-state index in [9.17, 15) is 0 Å². The molecule has 1 aliphatic heterocycles. The Labute approximate surface area is 172 Å². The molecule has 4 heterocycles. The molecule has 0 spiro atoms. The molecule has 0 radical (unpaired) electrons. The molecule has 29 heavy (non-hydrogen) atoms. The van der Waals surface area contributed by atoms with E-state index < -0.39 is 0 Å². The highest BCUT2D eigenvalue weighted by molar-refractivity contribution is 7.99. The largest absolute Gasteiger partial charge is 0.369 e. The standard InChI is InChI=1S/C20H22N8S/c1-13(2)28-19-16(25-26-28)5-3-14-11-22-20(24-18(14)19)23-17-6-4-15(12-21-17)27-7-9-29-10-8-27/h3-6,11-13H,7-10H2,1-2H3,(H,21,22,23,24). The predicted molar refractivity (Wildman–Crippen MR) is 118 cm³/mol. The molecule has 3 aromatic heterocycles. The van der Waals surface area contributed by atoms with Crippen LogP contribution in [-0.2, 0) is 0 Å². The van der Waals surface area contributed by atoms with E-state index in [4.69, 9.17) is 4.98 Å². The molecule has 5 rings (SSSR count). The van der Waals surface area contributed by atoms with Gasteiger partial charge in [0.2, 0.25) is 5.95 Å². The Balaban J connectivity index is 1.46. The lowest BCUT2D eigenvalue weighted by Gasteiger charge is -2.28. The van der Waals surface area contributed by atoms with Crippen molar-refractivity contribution >= 4 is 51.2 Å². The van der Waals surface area contributed by atoms with Gasteiger partial charge in [-0.05, 0) is 38.1 Å². The highest BCUT2D eigenvalue weighted by Gasteiger charge is 2.14. The van der Waals surface area contributed by atoms with Crippen LogP contribution in [0.25, 0.3) is 21.9 Å². The van der Waals surface area contributed by atoms with Crippen LogP contribution in [0.3, 0.4) is 0 Å². The molecule has 1 aromatic carbocycles. The number of pyridine rings is 1. The van der Waals surface area contributed by atoms with Crippen molar-refractivity contribution in [3.63, 3.8) is 0 Å². The molecule has 4 aromatic rings. The third kappa shape index (κ3) is 3.46. The summed E-state index contributed by atoms with van der Waals surface area (Å²) in [4.78, 5) is 16.1. The maximum atomic E-state index is 4.75. The van der Waals surface area contributed by atoms with Gasteiger partial charge in [-0.3, -0.25) is 0 Å². The lowest BCUT2D eigenvalue weighted by Crippen LogP contribution is -2.32. The number of hydrogen-bond donors (Lipinski definition) is 1. The van der Waals surface area contributed by atoms with Crippen LogP contribution < -0.4 is 10.2 Å². The second-order valence-corrected chi connectivity index (χ2v) is 8.54. The van der Waals surface area contributed by atoms with Crippen LogP contribution in [0.5, 0.6) is 0 Å². The van der Waals surface area contributed by atoms with E-state index in [2.05, 4.69) is 50.4 Å². The Morgan fingerprint density at radius 1 is 1.03 bits per heavy atom. The SMILES string of the molecule is CC(C)n1nnc2ccc3cnc(Nc4ccc(N5CCSCC5)cn4)nc3c21. The van der Waals surface area contributed by atoms with Gasteiger partial charge in [0, 0.05) is 42.2 Å². The summed E-state index contributed by atoms with van der Waals surface area (Å²) in [6, 6.07) is 8.21. The van der Waals surface area contributed by atoms with Gasteiger partial charge in [0.05, 0.1) is 11.9 Å². The van der Waals surface area contributed by atoms with Gasteiger partial charge < -0.3 is 10.2 Å². The first-order chi connectivity index (χ1) is 14.2. The summed E-state index contributed by atoms with van der Waals surface area (Å²) in [5, 5.41) is 12.7. The number of benzene rings is 1. The number of fused-ring (bicyclic) bond motifs is 3. The van der Waals surface area contributed by atoms with Gasteiger partial charge in [-0.1, -0.05) is 5.21 Å². The zero-order valence-electron chi connectivity index (χ0n) is 16.4. The van der Waals surface area contributed by atoms with E-state index in [1.807, 2.05) is 47.0 Å². The first-order valence-corrected chi connectivity index (χ1v) is 10.9. The number of anilines is 3. The highest BCUT2D eigenvalue weighted by atomic mass is 32.2. The van der Waals surface area contributed by atoms with Crippen molar-refractivity contribution < 1.29 is 0 Å². The van der Waals surface area contributed by atoms with Gasteiger partial charge in [0.1, 0.15) is 22.4 Å². The molecule has 0 saturated carbocycles. The summed E-state index contributed by atoms with van der Waals surface area (Å²) in [6.07, 6.45) is 3.73.